The molecule has 1 heterocycles. The molecule has 0 amide bonds. The number of hydrogen-bond donors (Lipinski definition) is 1. The zero-order valence-electron chi connectivity index (χ0n) is 7.19. The molecule has 0 unspecified atom stereocenters. The van der Waals surface area contributed by atoms with Crippen LogP contribution in [0, 0.1) is 6.92 Å². The van der Waals surface area contributed by atoms with E-state index in [2.05, 4.69) is 5.16 Å². The van der Waals surface area contributed by atoms with Gasteiger partial charge in [-0.15, -0.1) is 0 Å². The number of aryl methyl sites for hydroxylation is 1. The largest absolute Gasteiger partial charge is 0.507 e. The fourth-order valence-corrected chi connectivity index (χ4v) is 1.33. The third-order valence-electron chi connectivity index (χ3n) is 1.94. The van der Waals surface area contributed by atoms with Crippen LogP contribution in [0.1, 0.15) is 5.56 Å². The maximum absolute atomic E-state index is 9.58. The Morgan fingerprint density at radius 3 is 2.77 bits per heavy atom. The molecule has 2 aromatic rings. The Hall–Kier alpha value is -1.77. The van der Waals surface area contributed by atoms with E-state index in [4.69, 9.17) is 4.52 Å². The second kappa shape index (κ2) is 2.94. The van der Waals surface area contributed by atoms with Crippen LogP contribution in [0.2, 0.25) is 0 Å². The van der Waals surface area contributed by atoms with Crippen molar-refractivity contribution in [3.05, 3.63) is 36.1 Å². The van der Waals surface area contributed by atoms with E-state index in [0.717, 1.165) is 11.1 Å². The predicted molar refractivity (Wildman–Crippen MR) is 48.3 cm³/mol. The summed E-state index contributed by atoms with van der Waals surface area (Å²) in [5.41, 5.74) is 2.38. The molecular formula is C10H9NO2. The van der Waals surface area contributed by atoms with E-state index in [1.54, 1.807) is 18.2 Å². The second-order valence-electron chi connectivity index (χ2n) is 2.85. The van der Waals surface area contributed by atoms with Gasteiger partial charge in [-0.05, 0) is 18.6 Å². The normalized spacial score (nSPS) is 10.2. The molecule has 0 spiro atoms. The first kappa shape index (κ1) is 7.86. The maximum atomic E-state index is 9.58. The van der Waals surface area contributed by atoms with Crippen LogP contribution in [-0.2, 0) is 0 Å². The summed E-state index contributed by atoms with van der Waals surface area (Å²) in [5, 5.41) is 13.4. The van der Waals surface area contributed by atoms with Crippen LogP contribution >= 0.6 is 0 Å². The molecule has 3 nitrogen and oxygen atoms in total. The molecule has 66 valence electrons. The SMILES string of the molecule is Cc1cccc(O)c1-c1ccon1. The molecule has 13 heavy (non-hydrogen) atoms. The van der Waals surface area contributed by atoms with Crippen LogP contribution < -0.4 is 0 Å². The fraction of sp³-hybridized carbons (Fsp3) is 0.100. The summed E-state index contributed by atoms with van der Waals surface area (Å²) in [5.74, 6) is 0.230. The molecular weight excluding hydrogens is 166 g/mol. The average Bonchev–Trinajstić information content (AvgIpc) is 2.57. The van der Waals surface area contributed by atoms with Gasteiger partial charge in [-0.1, -0.05) is 17.3 Å². The number of rotatable bonds is 1. The number of phenolic OH excluding ortho intramolecular Hbond substituents is 1. The van der Waals surface area contributed by atoms with Crippen LogP contribution in [0.25, 0.3) is 11.3 Å². The average molecular weight is 175 g/mol. The van der Waals surface area contributed by atoms with E-state index >= 15 is 0 Å². The Labute approximate surface area is 75.6 Å². The molecule has 0 atom stereocenters. The van der Waals surface area contributed by atoms with E-state index in [9.17, 15) is 5.11 Å². The summed E-state index contributed by atoms with van der Waals surface area (Å²) in [6, 6.07) is 7.08. The van der Waals surface area contributed by atoms with Gasteiger partial charge in [-0.2, -0.15) is 0 Å². The van der Waals surface area contributed by atoms with Gasteiger partial charge in [0, 0.05) is 11.6 Å². The number of aromatic nitrogens is 1. The Morgan fingerprint density at radius 1 is 1.31 bits per heavy atom. The third kappa shape index (κ3) is 1.28. The van der Waals surface area contributed by atoms with Crippen molar-refractivity contribution in [2.45, 2.75) is 6.92 Å². The Morgan fingerprint density at radius 2 is 2.15 bits per heavy atom. The summed E-state index contributed by atoms with van der Waals surface area (Å²) >= 11 is 0. The number of hydrogen-bond acceptors (Lipinski definition) is 3. The highest BCUT2D eigenvalue weighted by molar-refractivity contribution is 5.69. The number of aromatic hydroxyl groups is 1. The summed E-state index contributed by atoms with van der Waals surface area (Å²) in [6.07, 6.45) is 1.49. The first-order valence-corrected chi connectivity index (χ1v) is 3.98. The number of benzene rings is 1. The molecule has 2 rings (SSSR count). The Balaban J connectivity index is 2.64. The molecule has 0 radical (unpaired) electrons. The third-order valence-corrected chi connectivity index (χ3v) is 1.94. The predicted octanol–water partition coefficient (Wildman–Crippen LogP) is 2.36. The van der Waals surface area contributed by atoms with E-state index in [0.29, 0.717) is 5.69 Å². The highest BCUT2D eigenvalue weighted by atomic mass is 16.5. The van der Waals surface area contributed by atoms with Gasteiger partial charge < -0.3 is 9.63 Å². The van der Waals surface area contributed by atoms with Crippen LogP contribution in [0.5, 0.6) is 5.75 Å². The van der Waals surface area contributed by atoms with Crippen LogP contribution in [0.15, 0.2) is 35.1 Å². The van der Waals surface area contributed by atoms with Crippen molar-refractivity contribution in [2.75, 3.05) is 0 Å². The molecule has 1 N–H and O–H groups in total. The lowest BCUT2D eigenvalue weighted by Gasteiger charge is -2.03. The van der Waals surface area contributed by atoms with Crippen molar-refractivity contribution in [3.8, 4) is 17.0 Å². The Bertz CT molecular complexity index is 387. The van der Waals surface area contributed by atoms with Crippen LogP contribution in [0.4, 0.5) is 0 Å². The van der Waals surface area contributed by atoms with Crippen LogP contribution in [-0.4, -0.2) is 10.3 Å². The topological polar surface area (TPSA) is 46.3 Å². The minimum atomic E-state index is 0.230. The fourth-order valence-electron chi connectivity index (χ4n) is 1.33. The molecule has 0 saturated heterocycles. The summed E-state index contributed by atoms with van der Waals surface area (Å²) in [4.78, 5) is 0. The molecule has 1 aromatic heterocycles. The maximum Gasteiger partial charge on any atom is 0.125 e. The van der Waals surface area contributed by atoms with Crippen molar-refractivity contribution >= 4 is 0 Å². The molecule has 0 saturated carbocycles. The second-order valence-corrected chi connectivity index (χ2v) is 2.85. The highest BCUT2D eigenvalue weighted by Crippen LogP contribution is 2.30. The van der Waals surface area contributed by atoms with E-state index < -0.39 is 0 Å². The van der Waals surface area contributed by atoms with E-state index in [1.807, 2.05) is 13.0 Å². The molecule has 1 aromatic carbocycles. The number of phenols is 1. The van der Waals surface area contributed by atoms with Crippen molar-refractivity contribution in [1.29, 1.82) is 0 Å². The lowest BCUT2D eigenvalue weighted by Crippen LogP contribution is -1.83. The zero-order chi connectivity index (χ0) is 9.26. The van der Waals surface area contributed by atoms with E-state index in [1.165, 1.54) is 6.26 Å². The summed E-state index contributed by atoms with van der Waals surface area (Å²) < 4.78 is 4.72. The van der Waals surface area contributed by atoms with Gasteiger partial charge in [0.25, 0.3) is 0 Å². The molecule has 3 heteroatoms. The molecule has 0 aliphatic carbocycles. The van der Waals surface area contributed by atoms with Crippen molar-refractivity contribution in [2.24, 2.45) is 0 Å². The van der Waals surface area contributed by atoms with Gasteiger partial charge in [0.1, 0.15) is 17.7 Å². The molecule has 0 aliphatic heterocycles. The van der Waals surface area contributed by atoms with Gasteiger partial charge in [0.2, 0.25) is 0 Å². The standard InChI is InChI=1S/C10H9NO2/c1-7-3-2-4-9(12)10(7)8-5-6-13-11-8/h2-6,12H,1H3. The minimum absolute atomic E-state index is 0.230. The zero-order valence-corrected chi connectivity index (χ0v) is 7.19. The number of nitrogens with zero attached hydrogens (tertiary/aromatic N) is 1. The van der Waals surface area contributed by atoms with E-state index in [-0.39, 0.29) is 5.75 Å². The lowest BCUT2D eigenvalue weighted by atomic mass is 10.1. The summed E-state index contributed by atoms with van der Waals surface area (Å²) in [7, 11) is 0. The van der Waals surface area contributed by atoms with Crippen molar-refractivity contribution in [3.63, 3.8) is 0 Å². The molecule has 0 fully saturated rings. The quantitative estimate of drug-likeness (QED) is 0.723. The monoisotopic (exact) mass is 175 g/mol. The minimum Gasteiger partial charge on any atom is -0.507 e. The molecule has 0 bridgehead atoms. The lowest BCUT2D eigenvalue weighted by molar-refractivity contribution is 0.421. The Kier molecular flexibility index (Phi) is 1.77. The van der Waals surface area contributed by atoms with Crippen molar-refractivity contribution in [1.82, 2.24) is 5.16 Å². The van der Waals surface area contributed by atoms with Gasteiger partial charge in [-0.3, -0.25) is 0 Å². The molecule has 0 aliphatic rings. The van der Waals surface area contributed by atoms with Crippen molar-refractivity contribution < 1.29 is 9.63 Å². The first-order valence-electron chi connectivity index (χ1n) is 3.98. The summed E-state index contributed by atoms with van der Waals surface area (Å²) in [6.45, 7) is 1.92. The van der Waals surface area contributed by atoms with Gasteiger partial charge in [0.05, 0.1) is 0 Å². The highest BCUT2D eigenvalue weighted by Gasteiger charge is 2.09. The van der Waals surface area contributed by atoms with Crippen LogP contribution in [0.3, 0.4) is 0 Å². The smallest absolute Gasteiger partial charge is 0.125 e. The van der Waals surface area contributed by atoms with Gasteiger partial charge >= 0.3 is 0 Å². The van der Waals surface area contributed by atoms with Gasteiger partial charge in [0.15, 0.2) is 0 Å². The first-order chi connectivity index (χ1) is 6.29. The van der Waals surface area contributed by atoms with Gasteiger partial charge in [-0.25, -0.2) is 0 Å².